The van der Waals surface area contributed by atoms with Crippen LogP contribution in [-0.2, 0) is 6.54 Å². The Kier molecular flexibility index (Phi) is 5.38. The summed E-state index contributed by atoms with van der Waals surface area (Å²) in [4.78, 5) is 24.1. The predicted octanol–water partition coefficient (Wildman–Crippen LogP) is 3.44. The van der Waals surface area contributed by atoms with E-state index in [4.69, 9.17) is 4.42 Å². The molecular weight excluding hydrogens is 318 g/mol. The average molecular weight is 341 g/mol. The molecule has 1 aromatic heterocycles. The molecule has 0 aliphatic heterocycles. The van der Waals surface area contributed by atoms with Gasteiger partial charge in [-0.3, -0.25) is 4.79 Å². The van der Waals surface area contributed by atoms with Crippen molar-refractivity contribution in [3.63, 3.8) is 0 Å². The topological polar surface area (TPSA) is 83.4 Å². The van der Waals surface area contributed by atoms with Crippen LogP contribution in [0.5, 0.6) is 0 Å². The molecule has 1 fully saturated rings. The predicted molar refractivity (Wildman–Crippen MR) is 95.4 cm³/mol. The SMILES string of the molecule is Cc1cc(C(=O)NCc2ccco2)ccc1NC(=O)NCCC1CC1. The molecule has 0 radical (unpaired) electrons. The lowest BCUT2D eigenvalue weighted by atomic mass is 10.1. The molecule has 6 nitrogen and oxygen atoms in total. The van der Waals surface area contributed by atoms with E-state index < -0.39 is 0 Å². The Labute approximate surface area is 147 Å². The molecular formula is C19H23N3O3. The molecule has 6 heteroatoms. The summed E-state index contributed by atoms with van der Waals surface area (Å²) in [6, 6.07) is 8.58. The van der Waals surface area contributed by atoms with Crippen molar-refractivity contribution >= 4 is 17.6 Å². The number of benzene rings is 1. The zero-order valence-electron chi connectivity index (χ0n) is 14.3. The smallest absolute Gasteiger partial charge is 0.319 e. The van der Waals surface area contributed by atoms with Gasteiger partial charge in [0, 0.05) is 17.8 Å². The van der Waals surface area contributed by atoms with Gasteiger partial charge >= 0.3 is 6.03 Å². The maximum absolute atomic E-state index is 12.2. The highest BCUT2D eigenvalue weighted by atomic mass is 16.3. The van der Waals surface area contributed by atoms with Crippen LogP contribution in [-0.4, -0.2) is 18.5 Å². The number of anilines is 1. The first-order valence-corrected chi connectivity index (χ1v) is 8.58. The van der Waals surface area contributed by atoms with Crippen LogP contribution in [0.3, 0.4) is 0 Å². The molecule has 1 aromatic carbocycles. The lowest BCUT2D eigenvalue weighted by Crippen LogP contribution is -2.30. The number of hydrogen-bond donors (Lipinski definition) is 3. The Morgan fingerprint density at radius 2 is 2.04 bits per heavy atom. The third-order valence-electron chi connectivity index (χ3n) is 4.28. The highest BCUT2D eigenvalue weighted by Crippen LogP contribution is 2.31. The van der Waals surface area contributed by atoms with Crippen molar-refractivity contribution in [3.05, 3.63) is 53.5 Å². The highest BCUT2D eigenvalue weighted by Gasteiger charge is 2.20. The number of furan rings is 1. The summed E-state index contributed by atoms with van der Waals surface area (Å²) < 4.78 is 5.19. The van der Waals surface area contributed by atoms with Crippen molar-refractivity contribution in [1.82, 2.24) is 10.6 Å². The average Bonchev–Trinajstić information content (AvgIpc) is 3.27. The van der Waals surface area contributed by atoms with Crippen LogP contribution >= 0.6 is 0 Å². The standard InChI is InChI=1S/C19H23N3O3/c1-13-11-15(18(23)21-12-16-3-2-10-25-16)6-7-17(13)22-19(24)20-9-8-14-4-5-14/h2-3,6-7,10-11,14H,4-5,8-9,12H2,1H3,(H,21,23)(H2,20,22,24). The van der Waals surface area contributed by atoms with Crippen LogP contribution in [0.4, 0.5) is 10.5 Å². The summed E-state index contributed by atoms with van der Waals surface area (Å²) in [6.07, 6.45) is 5.18. The lowest BCUT2D eigenvalue weighted by Gasteiger charge is -2.11. The summed E-state index contributed by atoms with van der Waals surface area (Å²) >= 11 is 0. The molecule has 0 atom stereocenters. The highest BCUT2D eigenvalue weighted by molar-refractivity contribution is 5.96. The molecule has 1 heterocycles. The van der Waals surface area contributed by atoms with Crippen LogP contribution < -0.4 is 16.0 Å². The molecule has 3 amide bonds. The van der Waals surface area contributed by atoms with Crippen molar-refractivity contribution in [2.45, 2.75) is 32.7 Å². The minimum Gasteiger partial charge on any atom is -0.467 e. The fraction of sp³-hybridized carbons (Fsp3) is 0.368. The van der Waals surface area contributed by atoms with Crippen molar-refractivity contribution in [1.29, 1.82) is 0 Å². The lowest BCUT2D eigenvalue weighted by molar-refractivity contribution is 0.0948. The fourth-order valence-corrected chi connectivity index (χ4v) is 2.59. The number of carbonyl (C=O) groups excluding carboxylic acids is 2. The van der Waals surface area contributed by atoms with Gasteiger partial charge in [-0.25, -0.2) is 4.79 Å². The second kappa shape index (κ2) is 7.88. The van der Waals surface area contributed by atoms with E-state index in [1.807, 2.05) is 6.92 Å². The van der Waals surface area contributed by atoms with Crippen molar-refractivity contribution in [2.75, 3.05) is 11.9 Å². The zero-order valence-corrected chi connectivity index (χ0v) is 14.3. The molecule has 0 unspecified atom stereocenters. The Hall–Kier alpha value is -2.76. The van der Waals surface area contributed by atoms with Gasteiger partial charge in [-0.05, 0) is 55.2 Å². The quantitative estimate of drug-likeness (QED) is 0.721. The summed E-state index contributed by atoms with van der Waals surface area (Å²) in [5.41, 5.74) is 2.08. The number of aryl methyl sites for hydroxylation is 1. The van der Waals surface area contributed by atoms with Crippen molar-refractivity contribution in [3.8, 4) is 0 Å². The van der Waals surface area contributed by atoms with Gasteiger partial charge in [-0.1, -0.05) is 12.8 Å². The van der Waals surface area contributed by atoms with Crippen LogP contribution in [0.15, 0.2) is 41.0 Å². The van der Waals surface area contributed by atoms with E-state index in [0.717, 1.165) is 17.9 Å². The Bertz CT molecular complexity index is 736. The van der Waals surface area contributed by atoms with E-state index >= 15 is 0 Å². The Morgan fingerprint density at radius 3 is 2.72 bits per heavy atom. The summed E-state index contributed by atoms with van der Waals surface area (Å²) in [5.74, 6) is 1.31. The van der Waals surface area contributed by atoms with Gasteiger partial charge in [-0.2, -0.15) is 0 Å². The molecule has 132 valence electrons. The van der Waals surface area contributed by atoms with E-state index in [0.29, 0.717) is 30.1 Å². The van der Waals surface area contributed by atoms with Crippen LogP contribution in [0.2, 0.25) is 0 Å². The summed E-state index contributed by atoms with van der Waals surface area (Å²) in [7, 11) is 0. The van der Waals surface area contributed by atoms with E-state index in [-0.39, 0.29) is 11.9 Å². The fourth-order valence-electron chi connectivity index (χ4n) is 2.59. The first-order valence-electron chi connectivity index (χ1n) is 8.58. The number of amides is 3. The third kappa shape index (κ3) is 5.11. The van der Waals surface area contributed by atoms with Gasteiger partial charge in [0.05, 0.1) is 12.8 Å². The van der Waals surface area contributed by atoms with Gasteiger partial charge in [0.2, 0.25) is 0 Å². The van der Waals surface area contributed by atoms with E-state index in [2.05, 4.69) is 16.0 Å². The van der Waals surface area contributed by atoms with Crippen LogP contribution in [0.1, 0.15) is 40.9 Å². The first-order chi connectivity index (χ1) is 12.1. The van der Waals surface area contributed by atoms with E-state index in [9.17, 15) is 9.59 Å². The number of rotatable bonds is 7. The van der Waals surface area contributed by atoms with Crippen molar-refractivity contribution in [2.24, 2.45) is 5.92 Å². The second-order valence-electron chi connectivity index (χ2n) is 6.40. The molecule has 0 spiro atoms. The van der Waals surface area contributed by atoms with Gasteiger partial charge in [0.15, 0.2) is 0 Å². The largest absolute Gasteiger partial charge is 0.467 e. The molecule has 0 saturated heterocycles. The Balaban J connectivity index is 1.50. The monoisotopic (exact) mass is 341 g/mol. The molecule has 2 aromatic rings. The molecule has 0 bridgehead atoms. The maximum Gasteiger partial charge on any atom is 0.319 e. The molecule has 1 saturated carbocycles. The Morgan fingerprint density at radius 1 is 1.20 bits per heavy atom. The number of urea groups is 1. The third-order valence-corrected chi connectivity index (χ3v) is 4.28. The normalized spacial score (nSPS) is 13.3. The molecule has 3 N–H and O–H groups in total. The minimum atomic E-state index is -0.209. The zero-order chi connectivity index (χ0) is 17.6. The number of carbonyl (C=O) groups is 2. The summed E-state index contributed by atoms with van der Waals surface area (Å²) in [5, 5.41) is 8.49. The molecule has 3 rings (SSSR count). The van der Waals surface area contributed by atoms with Gasteiger partial charge in [0.1, 0.15) is 5.76 Å². The number of nitrogens with one attached hydrogen (secondary N) is 3. The molecule has 25 heavy (non-hydrogen) atoms. The maximum atomic E-state index is 12.2. The molecule has 1 aliphatic carbocycles. The van der Waals surface area contributed by atoms with Crippen LogP contribution in [0, 0.1) is 12.8 Å². The van der Waals surface area contributed by atoms with Gasteiger partial charge in [0.25, 0.3) is 5.91 Å². The summed E-state index contributed by atoms with van der Waals surface area (Å²) in [6.45, 7) is 2.90. The number of hydrogen-bond acceptors (Lipinski definition) is 3. The second-order valence-corrected chi connectivity index (χ2v) is 6.40. The first kappa shape index (κ1) is 17.1. The van der Waals surface area contributed by atoms with Crippen molar-refractivity contribution < 1.29 is 14.0 Å². The van der Waals surface area contributed by atoms with Crippen LogP contribution in [0.25, 0.3) is 0 Å². The van der Waals surface area contributed by atoms with Gasteiger partial charge in [-0.15, -0.1) is 0 Å². The molecule has 1 aliphatic rings. The minimum absolute atomic E-state index is 0.181. The van der Waals surface area contributed by atoms with Gasteiger partial charge < -0.3 is 20.4 Å². The van der Waals surface area contributed by atoms with E-state index in [1.54, 1.807) is 36.6 Å². The van der Waals surface area contributed by atoms with E-state index in [1.165, 1.54) is 12.8 Å².